The molecule has 0 spiro atoms. The number of nitrogens with zero attached hydrogens (tertiary/aromatic N) is 1. The summed E-state index contributed by atoms with van der Waals surface area (Å²) in [6.07, 6.45) is 2.44. The SMILES string of the molecule is C=CCN(CC(=O)Nc1cc(Cl)ccc1OC)S(C)(=O)=O. The van der Waals surface area contributed by atoms with Gasteiger partial charge in [0, 0.05) is 11.6 Å². The third kappa shape index (κ3) is 5.37. The van der Waals surface area contributed by atoms with Crippen molar-refractivity contribution in [1.82, 2.24) is 4.31 Å². The highest BCUT2D eigenvalue weighted by molar-refractivity contribution is 7.88. The maximum atomic E-state index is 12.0. The number of halogens is 1. The first-order valence-electron chi connectivity index (χ1n) is 5.97. The van der Waals surface area contributed by atoms with E-state index in [1.807, 2.05) is 0 Å². The lowest BCUT2D eigenvalue weighted by Gasteiger charge is -2.18. The number of carbonyl (C=O) groups is 1. The van der Waals surface area contributed by atoms with Gasteiger partial charge < -0.3 is 10.1 Å². The molecule has 0 fully saturated rings. The van der Waals surface area contributed by atoms with E-state index < -0.39 is 15.9 Å². The highest BCUT2D eigenvalue weighted by atomic mass is 35.5. The van der Waals surface area contributed by atoms with Gasteiger partial charge in [0.1, 0.15) is 5.75 Å². The summed E-state index contributed by atoms with van der Waals surface area (Å²) < 4.78 is 29.2. The van der Waals surface area contributed by atoms with Crippen molar-refractivity contribution in [1.29, 1.82) is 0 Å². The number of rotatable bonds is 7. The first-order valence-corrected chi connectivity index (χ1v) is 8.20. The average Bonchev–Trinajstić information content (AvgIpc) is 2.37. The molecule has 0 heterocycles. The Morgan fingerprint density at radius 1 is 1.52 bits per heavy atom. The molecule has 1 aromatic rings. The van der Waals surface area contributed by atoms with Gasteiger partial charge in [-0.05, 0) is 18.2 Å². The normalized spacial score (nSPS) is 11.2. The second-order valence-electron chi connectivity index (χ2n) is 4.24. The molecule has 1 rings (SSSR count). The summed E-state index contributed by atoms with van der Waals surface area (Å²) in [6.45, 7) is 3.20. The van der Waals surface area contributed by atoms with Crippen LogP contribution in [0.5, 0.6) is 5.75 Å². The van der Waals surface area contributed by atoms with Crippen molar-refractivity contribution >= 4 is 33.2 Å². The lowest BCUT2D eigenvalue weighted by molar-refractivity contribution is -0.116. The Hall–Kier alpha value is -1.57. The average molecular weight is 333 g/mol. The summed E-state index contributed by atoms with van der Waals surface area (Å²) in [5, 5.41) is 3.00. The van der Waals surface area contributed by atoms with Gasteiger partial charge in [0.05, 0.1) is 25.6 Å². The number of benzene rings is 1. The largest absolute Gasteiger partial charge is 0.495 e. The Bertz CT molecular complexity index is 631. The minimum atomic E-state index is -3.49. The molecule has 0 unspecified atom stereocenters. The van der Waals surface area contributed by atoms with Crippen molar-refractivity contribution in [3.63, 3.8) is 0 Å². The van der Waals surface area contributed by atoms with E-state index in [1.54, 1.807) is 12.1 Å². The van der Waals surface area contributed by atoms with Gasteiger partial charge >= 0.3 is 0 Å². The molecule has 0 aliphatic heterocycles. The molecular formula is C13H17ClN2O4S. The van der Waals surface area contributed by atoms with Gasteiger partial charge in [-0.25, -0.2) is 8.42 Å². The standard InChI is InChI=1S/C13H17ClN2O4S/c1-4-7-16(21(3,18)19)9-13(17)15-11-8-10(14)5-6-12(11)20-2/h4-6,8H,1,7,9H2,2-3H3,(H,15,17). The maximum Gasteiger partial charge on any atom is 0.239 e. The highest BCUT2D eigenvalue weighted by Gasteiger charge is 2.19. The van der Waals surface area contributed by atoms with Gasteiger partial charge in [-0.1, -0.05) is 17.7 Å². The zero-order valence-electron chi connectivity index (χ0n) is 11.8. The van der Waals surface area contributed by atoms with Crippen LogP contribution < -0.4 is 10.1 Å². The Labute approximate surface area is 129 Å². The number of anilines is 1. The fourth-order valence-electron chi connectivity index (χ4n) is 1.59. The predicted octanol–water partition coefficient (Wildman–Crippen LogP) is 1.73. The second kappa shape index (κ2) is 7.44. The molecule has 1 N–H and O–H groups in total. The van der Waals surface area contributed by atoms with Crippen LogP contribution in [0.2, 0.25) is 5.02 Å². The van der Waals surface area contributed by atoms with Gasteiger partial charge in [0.2, 0.25) is 15.9 Å². The van der Waals surface area contributed by atoms with Crippen molar-refractivity contribution in [3.8, 4) is 5.75 Å². The van der Waals surface area contributed by atoms with Crippen LogP contribution in [0.3, 0.4) is 0 Å². The molecule has 0 saturated carbocycles. The van der Waals surface area contributed by atoms with Crippen LogP contribution in [0.1, 0.15) is 0 Å². The summed E-state index contributed by atoms with van der Waals surface area (Å²) in [5.74, 6) is -0.0646. The number of ether oxygens (including phenoxy) is 1. The molecule has 0 radical (unpaired) electrons. The number of amides is 1. The molecule has 8 heteroatoms. The van der Waals surface area contributed by atoms with E-state index >= 15 is 0 Å². The van der Waals surface area contributed by atoms with E-state index in [0.717, 1.165) is 10.6 Å². The molecule has 6 nitrogen and oxygen atoms in total. The lowest BCUT2D eigenvalue weighted by atomic mass is 10.3. The fraction of sp³-hybridized carbons (Fsp3) is 0.308. The van der Waals surface area contributed by atoms with E-state index in [2.05, 4.69) is 11.9 Å². The summed E-state index contributed by atoms with van der Waals surface area (Å²) in [6, 6.07) is 4.75. The molecule has 1 aromatic carbocycles. The molecular weight excluding hydrogens is 316 g/mol. The molecule has 0 atom stereocenters. The quantitative estimate of drug-likeness (QED) is 0.772. The van der Waals surface area contributed by atoms with Crippen LogP contribution >= 0.6 is 11.6 Å². The molecule has 0 bridgehead atoms. The summed E-state index contributed by atoms with van der Waals surface area (Å²) >= 11 is 5.86. The summed E-state index contributed by atoms with van der Waals surface area (Å²) in [4.78, 5) is 12.0. The smallest absolute Gasteiger partial charge is 0.239 e. The van der Waals surface area contributed by atoms with Crippen LogP contribution in [-0.2, 0) is 14.8 Å². The van der Waals surface area contributed by atoms with E-state index in [-0.39, 0.29) is 13.1 Å². The van der Waals surface area contributed by atoms with Gasteiger partial charge in [0.25, 0.3) is 0 Å². The van der Waals surface area contributed by atoms with Crippen LogP contribution in [0.25, 0.3) is 0 Å². The molecule has 21 heavy (non-hydrogen) atoms. The topological polar surface area (TPSA) is 75.7 Å². The van der Waals surface area contributed by atoms with Crippen molar-refractivity contribution < 1.29 is 17.9 Å². The minimum absolute atomic E-state index is 0.0545. The van der Waals surface area contributed by atoms with Crippen molar-refractivity contribution in [2.24, 2.45) is 0 Å². The lowest BCUT2D eigenvalue weighted by Crippen LogP contribution is -2.37. The Morgan fingerprint density at radius 3 is 2.71 bits per heavy atom. The van der Waals surface area contributed by atoms with E-state index in [9.17, 15) is 13.2 Å². The molecule has 1 amide bonds. The van der Waals surface area contributed by atoms with Gasteiger partial charge in [0.15, 0.2) is 0 Å². The molecule has 0 aliphatic rings. The monoisotopic (exact) mass is 332 g/mol. The Morgan fingerprint density at radius 2 is 2.19 bits per heavy atom. The van der Waals surface area contributed by atoms with Crippen molar-refractivity contribution in [3.05, 3.63) is 35.9 Å². The van der Waals surface area contributed by atoms with Crippen LogP contribution in [0.4, 0.5) is 5.69 Å². The number of methoxy groups -OCH3 is 1. The highest BCUT2D eigenvalue weighted by Crippen LogP contribution is 2.27. The van der Waals surface area contributed by atoms with Crippen LogP contribution in [0.15, 0.2) is 30.9 Å². The van der Waals surface area contributed by atoms with E-state index in [1.165, 1.54) is 19.3 Å². The number of carbonyl (C=O) groups excluding carboxylic acids is 1. The molecule has 116 valence electrons. The first kappa shape index (κ1) is 17.5. The van der Waals surface area contributed by atoms with Crippen LogP contribution in [-0.4, -0.2) is 45.1 Å². The number of hydrogen-bond donors (Lipinski definition) is 1. The fourth-order valence-corrected chi connectivity index (χ4v) is 2.49. The third-order valence-electron chi connectivity index (χ3n) is 2.56. The predicted molar refractivity (Wildman–Crippen MR) is 83.2 cm³/mol. The second-order valence-corrected chi connectivity index (χ2v) is 6.66. The number of hydrogen-bond acceptors (Lipinski definition) is 4. The van der Waals surface area contributed by atoms with Gasteiger partial charge in [-0.2, -0.15) is 4.31 Å². The maximum absolute atomic E-state index is 12.0. The van der Waals surface area contributed by atoms with Crippen molar-refractivity contribution in [2.75, 3.05) is 31.8 Å². The van der Waals surface area contributed by atoms with Crippen LogP contribution in [0, 0.1) is 0 Å². The number of sulfonamides is 1. The Kier molecular flexibility index (Phi) is 6.19. The molecule has 0 aromatic heterocycles. The van der Waals surface area contributed by atoms with Gasteiger partial charge in [-0.15, -0.1) is 6.58 Å². The van der Waals surface area contributed by atoms with Crippen molar-refractivity contribution in [2.45, 2.75) is 0 Å². The molecule has 0 aliphatic carbocycles. The zero-order valence-corrected chi connectivity index (χ0v) is 13.4. The minimum Gasteiger partial charge on any atom is -0.495 e. The summed E-state index contributed by atoms with van der Waals surface area (Å²) in [5.41, 5.74) is 0.377. The summed E-state index contributed by atoms with van der Waals surface area (Å²) in [7, 11) is -2.04. The Balaban J connectivity index is 2.86. The molecule has 0 saturated heterocycles. The van der Waals surface area contributed by atoms with Gasteiger partial charge in [-0.3, -0.25) is 4.79 Å². The zero-order chi connectivity index (χ0) is 16.0. The number of nitrogens with one attached hydrogen (secondary N) is 1. The first-order chi connectivity index (χ1) is 9.77. The van der Waals surface area contributed by atoms with E-state index in [4.69, 9.17) is 16.3 Å². The van der Waals surface area contributed by atoms with E-state index in [0.29, 0.717) is 16.5 Å². The third-order valence-corrected chi connectivity index (χ3v) is 4.01.